The summed E-state index contributed by atoms with van der Waals surface area (Å²) in [6.45, 7) is 0.755. The molecule has 2 aromatic heterocycles. The molecule has 0 spiro atoms. The summed E-state index contributed by atoms with van der Waals surface area (Å²) in [6.07, 6.45) is 1.23. The number of hydrogen-bond donors (Lipinski definition) is 1. The van der Waals surface area contributed by atoms with E-state index in [1.54, 1.807) is 4.90 Å². The Hall–Kier alpha value is -2.74. The number of anilines is 1. The molecule has 0 atom stereocenters. The second-order valence-electron chi connectivity index (χ2n) is 6.14. The third-order valence-corrected chi connectivity index (χ3v) is 4.71. The molecular weight excluding hydrogens is 359 g/mol. The van der Waals surface area contributed by atoms with Crippen molar-refractivity contribution in [1.82, 2.24) is 24.6 Å². The van der Waals surface area contributed by atoms with E-state index in [9.17, 15) is 9.18 Å². The first kappa shape index (κ1) is 16.7. The van der Waals surface area contributed by atoms with E-state index >= 15 is 0 Å². The quantitative estimate of drug-likeness (QED) is 0.744. The first-order chi connectivity index (χ1) is 12.5. The first-order valence-electron chi connectivity index (χ1n) is 8.24. The fraction of sp³-hybridized carbons (Fsp3) is 0.294. The number of nitrogens with two attached hydrogens (primary N) is 1. The van der Waals surface area contributed by atoms with Gasteiger partial charge < -0.3 is 10.6 Å². The molecule has 3 heterocycles. The molecule has 1 amide bonds. The maximum absolute atomic E-state index is 13.4. The van der Waals surface area contributed by atoms with Crippen molar-refractivity contribution in [1.29, 1.82) is 0 Å². The standard InChI is InChI=1S/C17H16ClFN6O/c18-12-9-21-17(20)22-15(12)25-13-4-2-1-3-11(13)14(23-25)16(26)24-7-5-10(19)6-8-24/h1-4,9-10H,5-8H2,(H2,20,21,22). The number of nitrogens with zero attached hydrogens (tertiary/aromatic N) is 5. The van der Waals surface area contributed by atoms with Gasteiger partial charge in [0.15, 0.2) is 11.5 Å². The van der Waals surface area contributed by atoms with Crippen molar-refractivity contribution in [3.63, 3.8) is 0 Å². The molecule has 1 aliphatic rings. The van der Waals surface area contributed by atoms with Crippen LogP contribution in [0.25, 0.3) is 16.7 Å². The molecule has 0 aliphatic carbocycles. The molecule has 9 heteroatoms. The molecule has 4 rings (SSSR count). The number of amides is 1. The van der Waals surface area contributed by atoms with E-state index in [0.717, 1.165) is 0 Å². The molecule has 0 unspecified atom stereocenters. The van der Waals surface area contributed by atoms with Crippen molar-refractivity contribution in [2.45, 2.75) is 19.0 Å². The Labute approximate surface area is 153 Å². The van der Waals surface area contributed by atoms with E-state index in [2.05, 4.69) is 15.1 Å². The number of carbonyl (C=O) groups excluding carboxylic acids is 1. The number of fused-ring (bicyclic) bond motifs is 1. The number of rotatable bonds is 2. The van der Waals surface area contributed by atoms with Crippen LogP contribution in [0.5, 0.6) is 0 Å². The third-order valence-electron chi connectivity index (χ3n) is 4.45. The van der Waals surface area contributed by atoms with Crippen LogP contribution in [0.3, 0.4) is 0 Å². The zero-order valence-corrected chi connectivity index (χ0v) is 14.5. The van der Waals surface area contributed by atoms with Crippen LogP contribution in [0, 0.1) is 0 Å². The van der Waals surface area contributed by atoms with E-state index in [0.29, 0.717) is 42.7 Å². The molecular formula is C17H16ClFN6O. The molecule has 1 aromatic carbocycles. The van der Waals surface area contributed by atoms with Crippen molar-refractivity contribution in [3.05, 3.63) is 41.2 Å². The van der Waals surface area contributed by atoms with E-state index < -0.39 is 6.17 Å². The number of hydrogen-bond acceptors (Lipinski definition) is 5. The predicted octanol–water partition coefficient (Wildman–Crippen LogP) is 2.63. The topological polar surface area (TPSA) is 89.9 Å². The Morgan fingerprint density at radius 3 is 2.77 bits per heavy atom. The average molecular weight is 375 g/mol. The van der Waals surface area contributed by atoms with Crippen LogP contribution >= 0.6 is 11.6 Å². The molecule has 3 aromatic rings. The summed E-state index contributed by atoms with van der Waals surface area (Å²) in [7, 11) is 0. The van der Waals surface area contributed by atoms with Gasteiger partial charge in [0.2, 0.25) is 5.95 Å². The Bertz CT molecular complexity index is 983. The fourth-order valence-electron chi connectivity index (χ4n) is 3.11. The molecule has 1 saturated heterocycles. The highest BCUT2D eigenvalue weighted by molar-refractivity contribution is 6.32. The Morgan fingerprint density at radius 2 is 2.00 bits per heavy atom. The van der Waals surface area contributed by atoms with Crippen LogP contribution in [0.15, 0.2) is 30.5 Å². The van der Waals surface area contributed by atoms with E-state index in [4.69, 9.17) is 17.3 Å². The minimum Gasteiger partial charge on any atom is -0.368 e. The maximum atomic E-state index is 13.4. The van der Waals surface area contributed by atoms with Crippen molar-refractivity contribution >= 4 is 34.4 Å². The zero-order valence-electron chi connectivity index (χ0n) is 13.8. The molecule has 2 N–H and O–H groups in total. The highest BCUT2D eigenvalue weighted by Crippen LogP contribution is 2.27. The molecule has 1 aliphatic heterocycles. The van der Waals surface area contributed by atoms with Crippen molar-refractivity contribution < 1.29 is 9.18 Å². The molecule has 0 saturated carbocycles. The lowest BCUT2D eigenvalue weighted by Crippen LogP contribution is -2.39. The molecule has 0 radical (unpaired) electrons. The van der Waals surface area contributed by atoms with Gasteiger partial charge in [-0.25, -0.2) is 14.1 Å². The maximum Gasteiger partial charge on any atom is 0.275 e. The summed E-state index contributed by atoms with van der Waals surface area (Å²) in [5, 5.41) is 5.40. The van der Waals surface area contributed by atoms with Crippen molar-refractivity contribution in [2.75, 3.05) is 18.8 Å². The Balaban J connectivity index is 1.82. The largest absolute Gasteiger partial charge is 0.368 e. The minimum absolute atomic E-state index is 0.0573. The number of likely N-dealkylation sites (tertiary alicyclic amines) is 1. The molecule has 1 fully saturated rings. The average Bonchev–Trinajstić information content (AvgIpc) is 3.03. The van der Waals surface area contributed by atoms with Gasteiger partial charge in [-0.05, 0) is 18.9 Å². The first-order valence-corrected chi connectivity index (χ1v) is 8.62. The van der Waals surface area contributed by atoms with Gasteiger partial charge in [-0.15, -0.1) is 0 Å². The molecule has 26 heavy (non-hydrogen) atoms. The van der Waals surface area contributed by atoms with Gasteiger partial charge in [-0.2, -0.15) is 10.1 Å². The van der Waals surface area contributed by atoms with Gasteiger partial charge in [-0.1, -0.05) is 29.8 Å². The summed E-state index contributed by atoms with van der Waals surface area (Å²) in [5.74, 6) is 0.128. The zero-order chi connectivity index (χ0) is 18.3. The lowest BCUT2D eigenvalue weighted by Gasteiger charge is -2.28. The number of benzene rings is 1. The number of piperidine rings is 1. The van der Waals surface area contributed by atoms with Gasteiger partial charge in [0.25, 0.3) is 5.91 Å². The molecule has 0 bridgehead atoms. The van der Waals surface area contributed by atoms with Crippen LogP contribution in [0.4, 0.5) is 10.3 Å². The van der Waals surface area contributed by atoms with E-state index in [1.807, 2.05) is 24.3 Å². The third kappa shape index (κ3) is 2.86. The Kier molecular flexibility index (Phi) is 4.20. The summed E-state index contributed by atoms with van der Waals surface area (Å²) >= 11 is 6.21. The van der Waals surface area contributed by atoms with Crippen LogP contribution in [0.1, 0.15) is 23.3 Å². The van der Waals surface area contributed by atoms with E-state index in [1.165, 1.54) is 10.9 Å². The lowest BCUT2D eigenvalue weighted by atomic mass is 10.1. The predicted molar refractivity (Wildman–Crippen MR) is 96.1 cm³/mol. The Morgan fingerprint density at radius 1 is 1.27 bits per heavy atom. The van der Waals surface area contributed by atoms with Crippen LogP contribution in [0.2, 0.25) is 5.02 Å². The van der Waals surface area contributed by atoms with Crippen LogP contribution in [-0.4, -0.2) is 49.8 Å². The van der Waals surface area contributed by atoms with Gasteiger partial charge >= 0.3 is 0 Å². The summed E-state index contributed by atoms with van der Waals surface area (Å²) in [5.41, 5.74) is 6.63. The van der Waals surface area contributed by atoms with Gasteiger partial charge in [-0.3, -0.25) is 4.79 Å². The summed E-state index contributed by atoms with van der Waals surface area (Å²) in [4.78, 5) is 22.6. The van der Waals surface area contributed by atoms with Gasteiger partial charge in [0, 0.05) is 18.5 Å². The number of carbonyl (C=O) groups is 1. The number of nitrogen functional groups attached to an aromatic ring is 1. The minimum atomic E-state index is -0.851. The van der Waals surface area contributed by atoms with Gasteiger partial charge in [0.1, 0.15) is 11.2 Å². The number of aromatic nitrogens is 4. The summed E-state index contributed by atoms with van der Waals surface area (Å²) < 4.78 is 14.9. The summed E-state index contributed by atoms with van der Waals surface area (Å²) in [6, 6.07) is 7.30. The lowest BCUT2D eigenvalue weighted by molar-refractivity contribution is 0.0662. The van der Waals surface area contributed by atoms with Gasteiger partial charge in [0.05, 0.1) is 11.7 Å². The van der Waals surface area contributed by atoms with E-state index in [-0.39, 0.29) is 22.6 Å². The number of alkyl halides is 1. The van der Waals surface area contributed by atoms with Crippen molar-refractivity contribution in [2.24, 2.45) is 0 Å². The number of halogens is 2. The van der Waals surface area contributed by atoms with Crippen LogP contribution < -0.4 is 5.73 Å². The highest BCUT2D eigenvalue weighted by Gasteiger charge is 2.27. The van der Waals surface area contributed by atoms with Crippen LogP contribution in [-0.2, 0) is 0 Å². The normalized spacial score (nSPS) is 15.5. The second-order valence-corrected chi connectivity index (χ2v) is 6.55. The molecule has 7 nitrogen and oxygen atoms in total. The molecule has 134 valence electrons. The SMILES string of the molecule is Nc1ncc(Cl)c(-n2nc(C(=O)N3CCC(F)CC3)c3ccccc32)n1. The van der Waals surface area contributed by atoms with Crippen molar-refractivity contribution in [3.8, 4) is 5.82 Å². The monoisotopic (exact) mass is 374 g/mol. The smallest absolute Gasteiger partial charge is 0.275 e. The fourth-order valence-corrected chi connectivity index (χ4v) is 3.28. The number of para-hydroxylation sites is 1. The second kappa shape index (κ2) is 6.53. The highest BCUT2D eigenvalue weighted by atomic mass is 35.5.